The summed E-state index contributed by atoms with van der Waals surface area (Å²) in [6.07, 6.45) is 4.00. The monoisotopic (exact) mass is 250 g/mol. The van der Waals surface area contributed by atoms with Gasteiger partial charge in [-0.1, -0.05) is 19.1 Å². The molecule has 88 valence electrons. The summed E-state index contributed by atoms with van der Waals surface area (Å²) in [5.41, 5.74) is 5.22. The predicted molar refractivity (Wildman–Crippen MR) is 65.1 cm³/mol. The molecule has 4 nitrogen and oxygen atoms in total. The van der Waals surface area contributed by atoms with Gasteiger partial charge in [-0.05, 0) is 31.6 Å². The Bertz CT molecular complexity index is 319. The van der Waals surface area contributed by atoms with Gasteiger partial charge in [0.15, 0.2) is 0 Å². The van der Waals surface area contributed by atoms with Gasteiger partial charge in [-0.15, -0.1) is 0 Å². The second kappa shape index (κ2) is 5.23. The molecule has 3 N–H and O–H groups in total. The second-order valence-corrected chi connectivity index (χ2v) is 6.58. The third-order valence-corrected chi connectivity index (χ3v) is 4.40. The molecule has 0 amide bonds. The van der Waals surface area contributed by atoms with Crippen LogP contribution in [0.5, 0.6) is 0 Å². The van der Waals surface area contributed by atoms with Crippen LogP contribution >= 0.6 is 12.2 Å². The molecule has 1 aliphatic rings. The van der Waals surface area contributed by atoms with Crippen LogP contribution in [0.25, 0.3) is 0 Å². The lowest BCUT2D eigenvalue weighted by Gasteiger charge is -2.26. The zero-order valence-electron chi connectivity index (χ0n) is 8.90. The van der Waals surface area contributed by atoms with Crippen LogP contribution < -0.4 is 10.5 Å². The van der Waals surface area contributed by atoms with Crippen LogP contribution in [0, 0.1) is 5.92 Å². The van der Waals surface area contributed by atoms with E-state index in [1.54, 1.807) is 0 Å². The van der Waals surface area contributed by atoms with Crippen molar-refractivity contribution in [1.82, 2.24) is 4.72 Å². The van der Waals surface area contributed by atoms with Crippen LogP contribution in [0.3, 0.4) is 0 Å². The lowest BCUT2D eigenvalue weighted by molar-refractivity contribution is 0.332. The Morgan fingerprint density at radius 2 is 1.93 bits per heavy atom. The highest BCUT2D eigenvalue weighted by Gasteiger charge is 2.23. The smallest absolute Gasteiger partial charge is 0.218 e. The molecule has 1 fully saturated rings. The van der Waals surface area contributed by atoms with Crippen molar-refractivity contribution in [2.45, 2.75) is 38.6 Å². The maximum atomic E-state index is 11.5. The molecule has 1 saturated carbocycles. The number of nitrogens with one attached hydrogen (secondary N) is 1. The van der Waals surface area contributed by atoms with Gasteiger partial charge >= 0.3 is 0 Å². The summed E-state index contributed by atoms with van der Waals surface area (Å²) in [6.45, 7) is 2.19. The molecule has 15 heavy (non-hydrogen) atoms. The van der Waals surface area contributed by atoms with Gasteiger partial charge in [0.05, 0.1) is 4.99 Å². The van der Waals surface area contributed by atoms with E-state index in [2.05, 4.69) is 23.9 Å². The quantitative estimate of drug-likeness (QED) is 0.723. The van der Waals surface area contributed by atoms with Crippen molar-refractivity contribution >= 4 is 27.2 Å². The lowest BCUT2D eigenvalue weighted by Crippen LogP contribution is -2.40. The zero-order valence-corrected chi connectivity index (χ0v) is 10.5. The van der Waals surface area contributed by atoms with Crippen LogP contribution in [0.15, 0.2) is 0 Å². The van der Waals surface area contributed by atoms with E-state index in [0.717, 1.165) is 25.7 Å². The molecule has 0 unspecified atom stereocenters. The molecular formula is C9H18N2O2S2. The number of hydrogen-bond donors (Lipinski definition) is 2. The Hall–Kier alpha value is -0.200. The molecule has 1 aliphatic carbocycles. The first-order valence-electron chi connectivity index (χ1n) is 5.17. The van der Waals surface area contributed by atoms with E-state index in [1.165, 1.54) is 0 Å². The summed E-state index contributed by atoms with van der Waals surface area (Å²) in [5.74, 6) is 0.468. The third-order valence-electron chi connectivity index (χ3n) is 2.69. The van der Waals surface area contributed by atoms with E-state index < -0.39 is 10.0 Å². The number of sulfonamides is 1. The lowest BCUT2D eigenvalue weighted by atomic mass is 9.88. The Labute approximate surface area is 96.7 Å². The van der Waals surface area contributed by atoms with Crippen LogP contribution in [0.1, 0.15) is 32.6 Å². The van der Waals surface area contributed by atoms with Crippen LogP contribution in [0.4, 0.5) is 0 Å². The Morgan fingerprint density at radius 1 is 1.40 bits per heavy atom. The molecule has 1 rings (SSSR count). The number of thiocarbonyl (C=S) groups is 1. The van der Waals surface area contributed by atoms with Gasteiger partial charge in [-0.3, -0.25) is 0 Å². The molecule has 0 bridgehead atoms. The number of hydrogen-bond acceptors (Lipinski definition) is 3. The van der Waals surface area contributed by atoms with E-state index in [9.17, 15) is 8.42 Å². The zero-order chi connectivity index (χ0) is 11.5. The van der Waals surface area contributed by atoms with Gasteiger partial charge in [0.25, 0.3) is 0 Å². The summed E-state index contributed by atoms with van der Waals surface area (Å²) < 4.78 is 25.7. The number of rotatable bonds is 4. The standard InChI is InChI=1S/C9H18N2O2S2/c1-7-2-4-8(5-3-7)11-15(12,13)6-9(10)14/h7-8,11H,2-6H2,1H3,(H2,10,14). The maximum absolute atomic E-state index is 11.5. The first kappa shape index (κ1) is 12.9. The van der Waals surface area contributed by atoms with Crippen LogP contribution in [0.2, 0.25) is 0 Å². The minimum absolute atomic E-state index is 0.0201. The third kappa shape index (κ3) is 4.90. The molecule has 0 aromatic rings. The normalized spacial score (nSPS) is 27.5. The first-order valence-corrected chi connectivity index (χ1v) is 7.23. The Morgan fingerprint density at radius 3 is 2.40 bits per heavy atom. The van der Waals surface area contributed by atoms with Gasteiger partial charge < -0.3 is 5.73 Å². The summed E-state index contributed by atoms with van der Waals surface area (Å²) in [7, 11) is -3.31. The summed E-state index contributed by atoms with van der Waals surface area (Å²) in [5, 5.41) is 0. The summed E-state index contributed by atoms with van der Waals surface area (Å²) in [4.78, 5) is 0.0201. The fourth-order valence-electron chi connectivity index (χ4n) is 1.86. The van der Waals surface area contributed by atoms with E-state index in [0.29, 0.717) is 5.92 Å². The van der Waals surface area contributed by atoms with E-state index in [-0.39, 0.29) is 16.8 Å². The van der Waals surface area contributed by atoms with Crippen molar-refractivity contribution in [1.29, 1.82) is 0 Å². The second-order valence-electron chi connectivity index (χ2n) is 4.30. The van der Waals surface area contributed by atoms with Gasteiger partial charge in [-0.2, -0.15) is 0 Å². The molecule has 0 heterocycles. The largest absolute Gasteiger partial charge is 0.392 e. The predicted octanol–water partition coefficient (Wildman–Crippen LogP) is 0.771. The van der Waals surface area contributed by atoms with Crippen molar-refractivity contribution in [3.63, 3.8) is 0 Å². The highest BCUT2D eigenvalue weighted by Crippen LogP contribution is 2.23. The van der Waals surface area contributed by atoms with Crippen LogP contribution in [-0.2, 0) is 10.0 Å². The van der Waals surface area contributed by atoms with Gasteiger partial charge in [-0.25, -0.2) is 13.1 Å². The van der Waals surface area contributed by atoms with Crippen LogP contribution in [-0.4, -0.2) is 25.2 Å². The molecule has 0 atom stereocenters. The minimum Gasteiger partial charge on any atom is -0.392 e. The average molecular weight is 250 g/mol. The first-order chi connectivity index (χ1) is 6.89. The van der Waals surface area contributed by atoms with Gasteiger partial charge in [0.2, 0.25) is 10.0 Å². The highest BCUT2D eigenvalue weighted by molar-refractivity contribution is 7.92. The minimum atomic E-state index is -3.31. The Kier molecular flexibility index (Phi) is 4.48. The number of nitrogens with two attached hydrogens (primary N) is 1. The molecular weight excluding hydrogens is 232 g/mol. The highest BCUT2D eigenvalue weighted by atomic mass is 32.2. The molecule has 0 saturated heterocycles. The fraction of sp³-hybridized carbons (Fsp3) is 0.889. The molecule has 0 aromatic heterocycles. The molecule has 0 aromatic carbocycles. The van der Waals surface area contributed by atoms with Crippen molar-refractivity contribution in [3.8, 4) is 0 Å². The summed E-state index contributed by atoms with van der Waals surface area (Å²) >= 11 is 4.59. The van der Waals surface area contributed by atoms with Crippen molar-refractivity contribution in [3.05, 3.63) is 0 Å². The van der Waals surface area contributed by atoms with E-state index >= 15 is 0 Å². The van der Waals surface area contributed by atoms with E-state index in [4.69, 9.17) is 5.73 Å². The van der Waals surface area contributed by atoms with Crippen molar-refractivity contribution in [2.75, 3.05) is 5.75 Å². The average Bonchev–Trinajstić information content (AvgIpc) is 2.06. The SMILES string of the molecule is CC1CCC(NS(=O)(=O)CC(N)=S)CC1. The molecule has 0 radical (unpaired) electrons. The fourth-order valence-corrected chi connectivity index (χ4v) is 3.53. The maximum Gasteiger partial charge on any atom is 0.218 e. The van der Waals surface area contributed by atoms with Crippen molar-refractivity contribution in [2.24, 2.45) is 11.7 Å². The molecule has 0 spiro atoms. The van der Waals surface area contributed by atoms with Gasteiger partial charge in [0, 0.05) is 6.04 Å². The van der Waals surface area contributed by atoms with Gasteiger partial charge in [0.1, 0.15) is 5.75 Å². The summed E-state index contributed by atoms with van der Waals surface area (Å²) in [6, 6.07) is 0.0700. The van der Waals surface area contributed by atoms with Crippen molar-refractivity contribution < 1.29 is 8.42 Å². The Balaban J connectivity index is 2.44. The van der Waals surface area contributed by atoms with E-state index in [1.807, 2.05) is 0 Å². The topological polar surface area (TPSA) is 72.2 Å². The molecule has 6 heteroatoms. The molecule has 0 aliphatic heterocycles.